The number of benzene rings is 2. The molecule has 0 aliphatic rings. The monoisotopic (exact) mass is 454 g/mol. The summed E-state index contributed by atoms with van der Waals surface area (Å²) < 4.78 is 15.4. The van der Waals surface area contributed by atoms with E-state index in [0.717, 1.165) is 10.6 Å². The molecule has 10 heteroatoms. The number of nitrogens with one attached hydrogen (secondary N) is 1. The quantitative estimate of drug-likeness (QED) is 0.409. The Kier molecular flexibility index (Phi) is 6.38. The number of hydrogen-bond acceptors (Lipinski definition) is 7. The number of thioether (sulfide) groups is 1. The van der Waals surface area contributed by atoms with Crippen LogP contribution in [0.15, 0.2) is 53.7 Å². The van der Waals surface area contributed by atoms with Crippen molar-refractivity contribution in [3.63, 3.8) is 0 Å². The largest absolute Gasteiger partial charge is 0.302 e. The molecular formula is C21H19FN6OS2. The highest BCUT2D eigenvalue weighted by atomic mass is 32.2. The second-order valence-corrected chi connectivity index (χ2v) is 8.60. The highest BCUT2D eigenvalue weighted by Gasteiger charge is 2.16. The van der Waals surface area contributed by atoms with Crippen LogP contribution in [-0.2, 0) is 11.3 Å². The summed E-state index contributed by atoms with van der Waals surface area (Å²) in [6, 6.07) is 14.2. The first kappa shape index (κ1) is 21.1. The first-order valence-electron chi connectivity index (χ1n) is 9.56. The lowest BCUT2D eigenvalue weighted by molar-refractivity contribution is -0.113. The zero-order chi connectivity index (χ0) is 21.8. The van der Waals surface area contributed by atoms with Gasteiger partial charge in [-0.2, -0.15) is 0 Å². The molecule has 0 aliphatic heterocycles. The number of carbonyl (C=O) groups excluding carboxylic acids is 1. The summed E-state index contributed by atoms with van der Waals surface area (Å²) >= 11 is 2.58. The molecule has 0 fully saturated rings. The summed E-state index contributed by atoms with van der Waals surface area (Å²) in [6.07, 6.45) is 0. The van der Waals surface area contributed by atoms with Crippen molar-refractivity contribution in [3.8, 4) is 22.0 Å². The summed E-state index contributed by atoms with van der Waals surface area (Å²) in [5, 5.41) is 21.1. The van der Waals surface area contributed by atoms with Crippen molar-refractivity contribution in [2.45, 2.75) is 25.5 Å². The molecule has 1 amide bonds. The van der Waals surface area contributed by atoms with E-state index >= 15 is 0 Å². The van der Waals surface area contributed by atoms with Crippen molar-refractivity contribution in [3.05, 3.63) is 59.9 Å². The molecule has 0 unspecified atom stereocenters. The Morgan fingerprint density at radius 2 is 1.90 bits per heavy atom. The van der Waals surface area contributed by atoms with E-state index in [1.165, 1.54) is 40.8 Å². The molecule has 0 atom stereocenters. The predicted molar refractivity (Wildman–Crippen MR) is 121 cm³/mol. The number of amides is 1. The highest BCUT2D eigenvalue weighted by molar-refractivity contribution is 7.99. The summed E-state index contributed by atoms with van der Waals surface area (Å²) in [5.74, 6) is 0.158. The Labute approximate surface area is 186 Å². The molecule has 4 aromatic rings. The molecule has 0 bridgehead atoms. The number of carbonyl (C=O) groups is 1. The normalized spacial score (nSPS) is 10.9. The van der Waals surface area contributed by atoms with Crippen LogP contribution < -0.4 is 5.32 Å². The van der Waals surface area contributed by atoms with Gasteiger partial charge in [0.25, 0.3) is 0 Å². The first-order chi connectivity index (χ1) is 15.0. The van der Waals surface area contributed by atoms with E-state index in [9.17, 15) is 9.18 Å². The Morgan fingerprint density at radius 1 is 1.10 bits per heavy atom. The summed E-state index contributed by atoms with van der Waals surface area (Å²) in [6.45, 7) is 4.57. The smallest absolute Gasteiger partial charge is 0.236 e. The van der Waals surface area contributed by atoms with Gasteiger partial charge in [0.15, 0.2) is 11.0 Å². The van der Waals surface area contributed by atoms with Crippen LogP contribution in [0, 0.1) is 12.7 Å². The SMILES string of the molecule is CCn1c(SCC(=O)Nc2nnc(-c3ccc(C)cc3)s2)nnc1-c1cccc(F)c1. The van der Waals surface area contributed by atoms with Crippen molar-refractivity contribution in [2.75, 3.05) is 11.1 Å². The number of aromatic nitrogens is 5. The molecule has 2 aromatic carbocycles. The van der Waals surface area contributed by atoms with Gasteiger partial charge in [-0.05, 0) is 26.0 Å². The number of halogens is 1. The van der Waals surface area contributed by atoms with Crippen molar-refractivity contribution < 1.29 is 9.18 Å². The van der Waals surface area contributed by atoms with Crippen LogP contribution in [0.5, 0.6) is 0 Å². The Bertz CT molecular complexity index is 1200. The number of rotatable bonds is 7. The molecule has 2 aromatic heterocycles. The highest BCUT2D eigenvalue weighted by Crippen LogP contribution is 2.27. The molecule has 0 saturated carbocycles. The molecular weight excluding hydrogens is 435 g/mol. The van der Waals surface area contributed by atoms with Crippen LogP contribution in [0.25, 0.3) is 22.0 Å². The van der Waals surface area contributed by atoms with E-state index in [2.05, 4.69) is 25.7 Å². The van der Waals surface area contributed by atoms with E-state index in [0.29, 0.717) is 28.2 Å². The average Bonchev–Trinajstić information content (AvgIpc) is 3.39. The maximum absolute atomic E-state index is 13.6. The molecule has 2 heterocycles. The minimum atomic E-state index is -0.334. The molecule has 7 nitrogen and oxygen atoms in total. The van der Waals surface area contributed by atoms with Gasteiger partial charge < -0.3 is 4.57 Å². The topological polar surface area (TPSA) is 85.6 Å². The second kappa shape index (κ2) is 9.36. The zero-order valence-electron chi connectivity index (χ0n) is 16.9. The fraction of sp³-hybridized carbons (Fsp3) is 0.190. The minimum Gasteiger partial charge on any atom is -0.302 e. The summed E-state index contributed by atoms with van der Waals surface area (Å²) in [4.78, 5) is 12.4. The lowest BCUT2D eigenvalue weighted by Crippen LogP contribution is -2.14. The molecule has 0 aliphatic carbocycles. The van der Waals surface area contributed by atoms with E-state index in [-0.39, 0.29) is 17.5 Å². The van der Waals surface area contributed by atoms with Gasteiger partial charge in [0.05, 0.1) is 5.75 Å². The number of anilines is 1. The van der Waals surface area contributed by atoms with Crippen LogP contribution in [0.3, 0.4) is 0 Å². The van der Waals surface area contributed by atoms with Crippen molar-refractivity contribution in [1.82, 2.24) is 25.0 Å². The van der Waals surface area contributed by atoms with Gasteiger partial charge in [-0.1, -0.05) is 65.1 Å². The van der Waals surface area contributed by atoms with E-state index < -0.39 is 0 Å². The van der Waals surface area contributed by atoms with Gasteiger partial charge in [0.1, 0.15) is 10.8 Å². The fourth-order valence-electron chi connectivity index (χ4n) is 2.89. The average molecular weight is 455 g/mol. The van der Waals surface area contributed by atoms with E-state index in [4.69, 9.17) is 0 Å². The molecule has 158 valence electrons. The molecule has 0 saturated heterocycles. The lowest BCUT2D eigenvalue weighted by Gasteiger charge is -2.07. The third-order valence-corrected chi connectivity index (χ3v) is 6.27. The van der Waals surface area contributed by atoms with Crippen LogP contribution in [0.4, 0.5) is 9.52 Å². The van der Waals surface area contributed by atoms with E-state index in [1.807, 2.05) is 42.7 Å². The van der Waals surface area contributed by atoms with Crippen LogP contribution >= 0.6 is 23.1 Å². The minimum absolute atomic E-state index is 0.140. The van der Waals surface area contributed by atoms with Gasteiger partial charge in [-0.25, -0.2) is 4.39 Å². The molecule has 31 heavy (non-hydrogen) atoms. The Balaban J connectivity index is 1.40. The van der Waals surface area contributed by atoms with Crippen molar-refractivity contribution in [2.24, 2.45) is 0 Å². The van der Waals surface area contributed by atoms with Gasteiger partial charge >= 0.3 is 0 Å². The van der Waals surface area contributed by atoms with Gasteiger partial charge in [-0.3, -0.25) is 10.1 Å². The predicted octanol–water partition coefficient (Wildman–Crippen LogP) is 4.66. The fourth-order valence-corrected chi connectivity index (χ4v) is 4.46. The van der Waals surface area contributed by atoms with Crippen molar-refractivity contribution in [1.29, 1.82) is 0 Å². The third kappa shape index (κ3) is 4.97. The van der Waals surface area contributed by atoms with Gasteiger partial charge in [0, 0.05) is 17.7 Å². The Morgan fingerprint density at radius 3 is 2.65 bits per heavy atom. The van der Waals surface area contributed by atoms with Crippen LogP contribution in [0.2, 0.25) is 0 Å². The molecule has 1 N–H and O–H groups in total. The summed E-state index contributed by atoms with van der Waals surface area (Å²) in [7, 11) is 0. The number of aryl methyl sites for hydroxylation is 1. The molecule has 4 rings (SSSR count). The van der Waals surface area contributed by atoms with Crippen LogP contribution in [0.1, 0.15) is 12.5 Å². The first-order valence-corrected chi connectivity index (χ1v) is 11.4. The third-order valence-electron chi connectivity index (χ3n) is 4.42. The lowest BCUT2D eigenvalue weighted by atomic mass is 10.2. The molecule has 0 radical (unpaired) electrons. The summed E-state index contributed by atoms with van der Waals surface area (Å²) in [5.41, 5.74) is 2.77. The number of hydrogen-bond donors (Lipinski definition) is 1. The number of nitrogens with zero attached hydrogens (tertiary/aromatic N) is 5. The maximum Gasteiger partial charge on any atom is 0.236 e. The standard InChI is InChI=1S/C21H19FN6OS2/c1-3-28-18(15-5-4-6-16(22)11-15)24-27-21(28)30-12-17(29)23-20-26-25-19(31-20)14-9-7-13(2)8-10-14/h4-11H,3,12H2,1-2H3,(H,23,26,29). The van der Waals surface area contributed by atoms with E-state index in [1.54, 1.807) is 12.1 Å². The van der Waals surface area contributed by atoms with Crippen LogP contribution in [-0.4, -0.2) is 36.6 Å². The molecule has 0 spiro atoms. The Hall–Kier alpha value is -3.11. The zero-order valence-corrected chi connectivity index (χ0v) is 18.5. The van der Waals surface area contributed by atoms with Gasteiger partial charge in [-0.15, -0.1) is 20.4 Å². The second-order valence-electron chi connectivity index (χ2n) is 6.68. The van der Waals surface area contributed by atoms with Crippen molar-refractivity contribution >= 4 is 34.1 Å². The maximum atomic E-state index is 13.6. The van der Waals surface area contributed by atoms with Gasteiger partial charge in [0.2, 0.25) is 11.0 Å².